The van der Waals surface area contributed by atoms with Crippen molar-refractivity contribution in [2.45, 2.75) is 18.9 Å². The van der Waals surface area contributed by atoms with Crippen molar-refractivity contribution in [1.82, 2.24) is 4.98 Å². The van der Waals surface area contributed by atoms with Crippen LogP contribution < -0.4 is 4.90 Å². The summed E-state index contributed by atoms with van der Waals surface area (Å²) in [7, 11) is 0. The Kier molecular flexibility index (Phi) is 3.23. The van der Waals surface area contributed by atoms with Gasteiger partial charge in [0, 0.05) is 30.1 Å². The minimum atomic E-state index is -0.407. The second-order valence-electron chi connectivity index (χ2n) is 4.95. The van der Waals surface area contributed by atoms with Crippen molar-refractivity contribution < 1.29 is 10.0 Å². The lowest BCUT2D eigenvalue weighted by Crippen LogP contribution is -2.29. The molecule has 1 aliphatic carbocycles. The molecule has 6 heteroatoms. The molecule has 2 aromatic rings. The standard InChI is InChI=1S/C14H15N3O3/c18-8-7-16(11-2-3-11)14-6-1-10-9-12(17(19)20)4-5-13(10)15-14/h1,4-6,9,11,18H,2-3,7-8H2. The van der Waals surface area contributed by atoms with Crippen molar-refractivity contribution in [3.05, 3.63) is 40.4 Å². The summed E-state index contributed by atoms with van der Waals surface area (Å²) in [6.45, 7) is 0.659. The quantitative estimate of drug-likeness (QED) is 0.666. The first-order valence-corrected chi connectivity index (χ1v) is 6.62. The molecule has 0 bridgehead atoms. The van der Waals surface area contributed by atoms with E-state index in [0.717, 1.165) is 29.6 Å². The van der Waals surface area contributed by atoms with Gasteiger partial charge in [0.2, 0.25) is 0 Å². The number of aliphatic hydroxyl groups excluding tert-OH is 1. The van der Waals surface area contributed by atoms with Gasteiger partial charge >= 0.3 is 0 Å². The topological polar surface area (TPSA) is 79.5 Å². The maximum absolute atomic E-state index is 10.8. The second-order valence-corrected chi connectivity index (χ2v) is 4.95. The molecule has 0 aliphatic heterocycles. The molecule has 0 saturated heterocycles. The molecule has 1 saturated carbocycles. The summed E-state index contributed by atoms with van der Waals surface area (Å²) >= 11 is 0. The zero-order valence-corrected chi connectivity index (χ0v) is 10.9. The van der Waals surface area contributed by atoms with E-state index in [-0.39, 0.29) is 12.3 Å². The van der Waals surface area contributed by atoms with Crippen LogP contribution in [-0.4, -0.2) is 34.2 Å². The summed E-state index contributed by atoms with van der Waals surface area (Å²) in [5, 5.41) is 20.6. The summed E-state index contributed by atoms with van der Waals surface area (Å²) < 4.78 is 0. The van der Waals surface area contributed by atoms with Crippen molar-refractivity contribution in [2.24, 2.45) is 0 Å². The monoisotopic (exact) mass is 273 g/mol. The fourth-order valence-electron chi connectivity index (χ4n) is 2.35. The van der Waals surface area contributed by atoms with Gasteiger partial charge in [-0.2, -0.15) is 0 Å². The molecular formula is C14H15N3O3. The van der Waals surface area contributed by atoms with E-state index in [1.165, 1.54) is 12.1 Å². The number of fused-ring (bicyclic) bond motifs is 1. The number of hydrogen-bond acceptors (Lipinski definition) is 5. The average Bonchev–Trinajstić information content (AvgIpc) is 3.28. The predicted molar refractivity (Wildman–Crippen MR) is 75.9 cm³/mol. The van der Waals surface area contributed by atoms with Gasteiger partial charge in [-0.3, -0.25) is 10.1 Å². The summed E-state index contributed by atoms with van der Waals surface area (Å²) in [4.78, 5) is 17.0. The van der Waals surface area contributed by atoms with Crippen molar-refractivity contribution in [1.29, 1.82) is 0 Å². The SMILES string of the molecule is O=[N+]([O-])c1ccc2nc(N(CCO)C3CC3)ccc2c1. The number of non-ortho nitro benzene ring substituents is 1. The number of nitro benzene ring substituents is 1. The van der Waals surface area contributed by atoms with E-state index in [4.69, 9.17) is 5.11 Å². The molecule has 20 heavy (non-hydrogen) atoms. The Morgan fingerprint density at radius 3 is 2.80 bits per heavy atom. The van der Waals surface area contributed by atoms with E-state index in [2.05, 4.69) is 9.88 Å². The first-order valence-electron chi connectivity index (χ1n) is 6.62. The smallest absolute Gasteiger partial charge is 0.270 e. The number of aliphatic hydroxyl groups is 1. The number of aromatic nitrogens is 1. The Morgan fingerprint density at radius 2 is 2.15 bits per heavy atom. The molecule has 1 heterocycles. The molecule has 0 atom stereocenters. The van der Waals surface area contributed by atoms with Crippen molar-refractivity contribution >= 4 is 22.4 Å². The summed E-state index contributed by atoms with van der Waals surface area (Å²) in [6.07, 6.45) is 2.25. The average molecular weight is 273 g/mol. The Bertz CT molecular complexity index is 655. The van der Waals surface area contributed by atoms with Gasteiger partial charge in [-0.25, -0.2) is 4.98 Å². The van der Waals surface area contributed by atoms with Crippen LogP contribution >= 0.6 is 0 Å². The fraction of sp³-hybridized carbons (Fsp3) is 0.357. The highest BCUT2D eigenvalue weighted by Gasteiger charge is 2.29. The highest BCUT2D eigenvalue weighted by Crippen LogP contribution is 2.31. The zero-order chi connectivity index (χ0) is 14.1. The van der Waals surface area contributed by atoms with E-state index in [1.807, 2.05) is 12.1 Å². The fourth-order valence-corrected chi connectivity index (χ4v) is 2.35. The van der Waals surface area contributed by atoms with Crippen LogP contribution in [0.15, 0.2) is 30.3 Å². The molecule has 1 aliphatic rings. The van der Waals surface area contributed by atoms with Gasteiger partial charge in [0.05, 0.1) is 17.0 Å². The van der Waals surface area contributed by atoms with E-state index >= 15 is 0 Å². The molecule has 0 radical (unpaired) electrons. The number of rotatable bonds is 5. The van der Waals surface area contributed by atoms with Crippen LogP contribution in [-0.2, 0) is 0 Å². The first-order chi connectivity index (χ1) is 9.69. The molecule has 0 amide bonds. The Morgan fingerprint density at radius 1 is 1.35 bits per heavy atom. The molecule has 6 nitrogen and oxygen atoms in total. The van der Waals surface area contributed by atoms with Gasteiger partial charge in [0.1, 0.15) is 5.82 Å². The molecule has 1 aromatic heterocycles. The third-order valence-corrected chi connectivity index (χ3v) is 3.49. The molecule has 0 unspecified atom stereocenters. The van der Waals surface area contributed by atoms with E-state index < -0.39 is 4.92 Å². The van der Waals surface area contributed by atoms with Crippen LogP contribution in [0.5, 0.6) is 0 Å². The van der Waals surface area contributed by atoms with Crippen LogP contribution in [0.3, 0.4) is 0 Å². The highest BCUT2D eigenvalue weighted by molar-refractivity contribution is 5.82. The Hall–Kier alpha value is -2.21. The van der Waals surface area contributed by atoms with Crippen LogP contribution in [0.4, 0.5) is 11.5 Å². The van der Waals surface area contributed by atoms with Gasteiger partial charge in [-0.15, -0.1) is 0 Å². The van der Waals surface area contributed by atoms with Gasteiger partial charge < -0.3 is 10.0 Å². The minimum absolute atomic E-state index is 0.0708. The Labute approximate surface area is 115 Å². The van der Waals surface area contributed by atoms with Gasteiger partial charge in [0.25, 0.3) is 5.69 Å². The highest BCUT2D eigenvalue weighted by atomic mass is 16.6. The maximum atomic E-state index is 10.8. The summed E-state index contributed by atoms with van der Waals surface area (Å²) in [5.74, 6) is 0.822. The second kappa shape index (κ2) is 5.05. The third kappa shape index (κ3) is 2.42. The van der Waals surface area contributed by atoms with E-state index in [0.29, 0.717) is 12.6 Å². The lowest BCUT2D eigenvalue weighted by molar-refractivity contribution is -0.384. The van der Waals surface area contributed by atoms with Crippen LogP contribution in [0.1, 0.15) is 12.8 Å². The molecular weight excluding hydrogens is 258 g/mol. The van der Waals surface area contributed by atoms with E-state index in [1.54, 1.807) is 6.07 Å². The van der Waals surface area contributed by atoms with Crippen LogP contribution in [0.2, 0.25) is 0 Å². The molecule has 3 rings (SSSR count). The lowest BCUT2D eigenvalue weighted by Gasteiger charge is -2.22. The number of nitrogens with zero attached hydrogens (tertiary/aromatic N) is 3. The maximum Gasteiger partial charge on any atom is 0.270 e. The normalized spacial score (nSPS) is 14.4. The predicted octanol–water partition coefficient (Wildman–Crippen LogP) is 2.10. The lowest BCUT2D eigenvalue weighted by atomic mass is 10.2. The van der Waals surface area contributed by atoms with Crippen LogP contribution in [0.25, 0.3) is 10.9 Å². The van der Waals surface area contributed by atoms with Gasteiger partial charge in [-0.05, 0) is 31.0 Å². The number of anilines is 1. The van der Waals surface area contributed by atoms with Crippen LogP contribution in [0, 0.1) is 10.1 Å². The van der Waals surface area contributed by atoms with Gasteiger partial charge in [0.15, 0.2) is 0 Å². The molecule has 1 aromatic carbocycles. The number of benzene rings is 1. The summed E-state index contributed by atoms with van der Waals surface area (Å²) in [5.41, 5.74) is 0.804. The molecule has 104 valence electrons. The largest absolute Gasteiger partial charge is 0.395 e. The summed E-state index contributed by atoms with van der Waals surface area (Å²) in [6, 6.07) is 8.83. The number of hydrogen-bond donors (Lipinski definition) is 1. The van der Waals surface area contributed by atoms with Crippen molar-refractivity contribution in [2.75, 3.05) is 18.1 Å². The van der Waals surface area contributed by atoms with Crippen molar-refractivity contribution in [3.8, 4) is 0 Å². The van der Waals surface area contributed by atoms with Gasteiger partial charge in [-0.1, -0.05) is 0 Å². The number of nitro groups is 1. The zero-order valence-electron chi connectivity index (χ0n) is 10.9. The Balaban J connectivity index is 1.97. The molecule has 1 N–H and O–H groups in total. The molecule has 1 fully saturated rings. The molecule has 0 spiro atoms. The minimum Gasteiger partial charge on any atom is -0.395 e. The first kappa shape index (κ1) is 12.8. The van der Waals surface area contributed by atoms with E-state index in [9.17, 15) is 10.1 Å². The van der Waals surface area contributed by atoms with Crippen molar-refractivity contribution in [3.63, 3.8) is 0 Å². The third-order valence-electron chi connectivity index (χ3n) is 3.49. The number of pyridine rings is 1.